The average Bonchev–Trinajstić information content (AvgIpc) is 2.61. The molecule has 27 heavy (non-hydrogen) atoms. The van der Waals surface area contributed by atoms with Crippen molar-refractivity contribution in [2.75, 3.05) is 23.0 Å². The summed E-state index contributed by atoms with van der Waals surface area (Å²) < 4.78 is 31.2. The van der Waals surface area contributed by atoms with Gasteiger partial charge in [-0.05, 0) is 61.7 Å². The van der Waals surface area contributed by atoms with Crippen LogP contribution in [-0.2, 0) is 14.8 Å². The van der Waals surface area contributed by atoms with Gasteiger partial charge in [0.15, 0.2) is 0 Å². The summed E-state index contributed by atoms with van der Waals surface area (Å²) in [5.74, 6) is 0.243. The van der Waals surface area contributed by atoms with Gasteiger partial charge in [-0.2, -0.15) is 0 Å². The van der Waals surface area contributed by atoms with Gasteiger partial charge in [0.05, 0.1) is 19.1 Å². The number of benzene rings is 2. The summed E-state index contributed by atoms with van der Waals surface area (Å²) in [4.78, 5) is 12.9. The van der Waals surface area contributed by atoms with Crippen LogP contribution in [0.1, 0.15) is 24.5 Å². The minimum atomic E-state index is -3.67. The highest BCUT2D eigenvalue weighted by atomic mass is 32.2. The topological polar surface area (TPSA) is 75.7 Å². The van der Waals surface area contributed by atoms with E-state index in [9.17, 15) is 13.2 Å². The molecule has 1 atom stereocenters. The van der Waals surface area contributed by atoms with Crippen LogP contribution in [0.5, 0.6) is 5.75 Å². The summed E-state index contributed by atoms with van der Waals surface area (Å²) in [6, 6.07) is 11.5. The van der Waals surface area contributed by atoms with Gasteiger partial charge in [0.1, 0.15) is 11.8 Å². The van der Waals surface area contributed by atoms with Gasteiger partial charge in [-0.25, -0.2) is 8.42 Å². The van der Waals surface area contributed by atoms with Crippen molar-refractivity contribution in [1.82, 2.24) is 0 Å². The molecule has 0 saturated carbocycles. The van der Waals surface area contributed by atoms with E-state index in [-0.39, 0.29) is 5.91 Å². The van der Waals surface area contributed by atoms with Gasteiger partial charge in [0, 0.05) is 5.69 Å². The Morgan fingerprint density at radius 1 is 1.15 bits per heavy atom. The number of hydrogen-bond donors (Lipinski definition) is 1. The number of methoxy groups -OCH3 is 1. The molecule has 2 aromatic rings. The van der Waals surface area contributed by atoms with Gasteiger partial charge in [-0.15, -0.1) is 0 Å². The van der Waals surface area contributed by atoms with E-state index in [4.69, 9.17) is 4.74 Å². The maximum atomic E-state index is 12.9. The Hall–Kier alpha value is -2.54. The molecule has 0 aliphatic heterocycles. The van der Waals surface area contributed by atoms with E-state index in [2.05, 4.69) is 5.32 Å². The fourth-order valence-electron chi connectivity index (χ4n) is 2.88. The number of carbonyl (C=O) groups is 1. The number of ether oxygens (including phenoxy) is 1. The molecule has 0 aromatic heterocycles. The molecule has 0 aliphatic rings. The lowest BCUT2D eigenvalue weighted by molar-refractivity contribution is -0.117. The second-order valence-electron chi connectivity index (χ2n) is 6.49. The van der Waals surface area contributed by atoms with Crippen LogP contribution in [0.2, 0.25) is 0 Å². The quantitative estimate of drug-likeness (QED) is 0.785. The third kappa shape index (κ3) is 5.01. The molecule has 0 radical (unpaired) electrons. The molecule has 1 N–H and O–H groups in total. The first-order valence-corrected chi connectivity index (χ1v) is 10.5. The molecule has 1 amide bonds. The summed E-state index contributed by atoms with van der Waals surface area (Å²) in [5.41, 5.74) is 3.03. The Balaban J connectivity index is 2.39. The molecule has 0 aliphatic carbocycles. The SMILES string of the molecule is CC[C@H](C(=O)Nc1cc(C)ccc1C)N(c1ccc(OC)cc1)S(C)(=O)=O. The molecule has 146 valence electrons. The number of aryl methyl sites for hydroxylation is 2. The number of amides is 1. The van der Waals surface area contributed by atoms with Crippen LogP contribution < -0.4 is 14.4 Å². The van der Waals surface area contributed by atoms with E-state index < -0.39 is 16.1 Å². The van der Waals surface area contributed by atoms with Crippen LogP contribution in [0.3, 0.4) is 0 Å². The third-order valence-corrected chi connectivity index (χ3v) is 5.49. The van der Waals surface area contributed by atoms with Crippen molar-refractivity contribution in [1.29, 1.82) is 0 Å². The lowest BCUT2D eigenvalue weighted by Gasteiger charge is -2.30. The van der Waals surface area contributed by atoms with E-state index in [1.54, 1.807) is 31.2 Å². The van der Waals surface area contributed by atoms with Crippen molar-refractivity contribution >= 4 is 27.3 Å². The van der Waals surface area contributed by atoms with Crippen molar-refractivity contribution in [3.63, 3.8) is 0 Å². The smallest absolute Gasteiger partial charge is 0.248 e. The number of nitrogens with one attached hydrogen (secondary N) is 1. The molecule has 0 unspecified atom stereocenters. The zero-order chi connectivity index (χ0) is 20.2. The summed E-state index contributed by atoms with van der Waals surface area (Å²) in [5, 5.41) is 2.88. The van der Waals surface area contributed by atoms with Gasteiger partial charge in [0.25, 0.3) is 0 Å². The van der Waals surface area contributed by atoms with Crippen LogP contribution in [0.25, 0.3) is 0 Å². The third-order valence-electron chi connectivity index (χ3n) is 4.31. The molecule has 7 heteroatoms. The van der Waals surface area contributed by atoms with Crippen LogP contribution in [0.15, 0.2) is 42.5 Å². The second-order valence-corrected chi connectivity index (χ2v) is 8.35. The normalized spacial score (nSPS) is 12.3. The molecule has 2 aromatic carbocycles. The van der Waals surface area contributed by atoms with Gasteiger partial charge in [0.2, 0.25) is 15.9 Å². The molecule has 0 bridgehead atoms. The molecule has 0 heterocycles. The Morgan fingerprint density at radius 3 is 2.30 bits per heavy atom. The van der Waals surface area contributed by atoms with Crippen LogP contribution >= 0.6 is 0 Å². The number of hydrogen-bond acceptors (Lipinski definition) is 4. The van der Waals surface area contributed by atoms with Gasteiger partial charge in [-0.3, -0.25) is 9.10 Å². The maximum absolute atomic E-state index is 12.9. The van der Waals surface area contributed by atoms with Crippen molar-refractivity contribution < 1.29 is 17.9 Å². The number of nitrogens with zero attached hydrogens (tertiary/aromatic N) is 1. The van der Waals surface area contributed by atoms with E-state index in [0.717, 1.165) is 21.7 Å². The van der Waals surface area contributed by atoms with Crippen molar-refractivity contribution in [2.45, 2.75) is 33.2 Å². The first-order chi connectivity index (χ1) is 12.7. The zero-order valence-electron chi connectivity index (χ0n) is 16.3. The van der Waals surface area contributed by atoms with Crippen molar-refractivity contribution in [3.05, 3.63) is 53.6 Å². The molecular formula is C20H26N2O4S. The Kier molecular flexibility index (Phi) is 6.49. The molecule has 0 saturated heterocycles. The zero-order valence-corrected chi connectivity index (χ0v) is 17.1. The summed E-state index contributed by atoms with van der Waals surface area (Å²) in [6.07, 6.45) is 1.43. The van der Waals surface area contributed by atoms with E-state index in [0.29, 0.717) is 23.5 Å². The molecular weight excluding hydrogens is 364 g/mol. The number of sulfonamides is 1. The van der Waals surface area contributed by atoms with Gasteiger partial charge in [-0.1, -0.05) is 19.1 Å². The lowest BCUT2D eigenvalue weighted by atomic mass is 10.1. The summed E-state index contributed by atoms with van der Waals surface area (Å²) in [6.45, 7) is 5.62. The Bertz CT molecular complexity index is 908. The van der Waals surface area contributed by atoms with E-state index >= 15 is 0 Å². The fraction of sp³-hybridized carbons (Fsp3) is 0.350. The predicted octanol–water partition coefficient (Wildman–Crippen LogP) is 3.50. The van der Waals surface area contributed by atoms with Crippen LogP contribution in [-0.4, -0.2) is 33.7 Å². The van der Waals surface area contributed by atoms with Crippen molar-refractivity contribution in [3.8, 4) is 5.75 Å². The largest absolute Gasteiger partial charge is 0.497 e. The van der Waals surface area contributed by atoms with E-state index in [1.807, 2.05) is 32.0 Å². The standard InChI is InChI=1S/C20H26N2O4S/c1-6-19(20(23)21-18-13-14(2)7-8-15(18)3)22(27(5,24)25)16-9-11-17(26-4)12-10-16/h7-13,19H,6H2,1-5H3,(H,21,23)/t19-/m1/s1. The number of rotatable bonds is 7. The van der Waals surface area contributed by atoms with E-state index in [1.165, 1.54) is 7.11 Å². The van der Waals surface area contributed by atoms with Crippen LogP contribution in [0.4, 0.5) is 11.4 Å². The molecule has 0 fully saturated rings. The first kappa shape index (κ1) is 20.8. The first-order valence-electron chi connectivity index (χ1n) is 8.69. The Labute approximate surface area is 161 Å². The highest BCUT2D eigenvalue weighted by Crippen LogP contribution is 2.26. The predicted molar refractivity (Wildman–Crippen MR) is 109 cm³/mol. The fourth-order valence-corrected chi connectivity index (χ4v) is 4.09. The summed E-state index contributed by atoms with van der Waals surface area (Å²) in [7, 11) is -2.14. The molecule has 0 spiro atoms. The Morgan fingerprint density at radius 2 is 1.78 bits per heavy atom. The average molecular weight is 391 g/mol. The monoisotopic (exact) mass is 390 g/mol. The van der Waals surface area contributed by atoms with Crippen LogP contribution in [0, 0.1) is 13.8 Å². The number of anilines is 2. The van der Waals surface area contributed by atoms with Crippen molar-refractivity contribution in [2.24, 2.45) is 0 Å². The highest BCUT2D eigenvalue weighted by Gasteiger charge is 2.31. The maximum Gasteiger partial charge on any atom is 0.248 e. The molecule has 6 nitrogen and oxygen atoms in total. The molecule has 2 rings (SSSR count). The minimum absolute atomic E-state index is 0.329. The minimum Gasteiger partial charge on any atom is -0.497 e. The van der Waals surface area contributed by atoms with Gasteiger partial charge >= 0.3 is 0 Å². The summed E-state index contributed by atoms with van der Waals surface area (Å²) >= 11 is 0. The lowest BCUT2D eigenvalue weighted by Crippen LogP contribution is -2.47. The highest BCUT2D eigenvalue weighted by molar-refractivity contribution is 7.92. The number of carbonyl (C=O) groups excluding carboxylic acids is 1. The second kappa shape index (κ2) is 8.43. The van der Waals surface area contributed by atoms with Gasteiger partial charge < -0.3 is 10.1 Å².